The number of nitrogens with zero attached hydrogens (tertiary/aromatic N) is 2. The van der Waals surface area contributed by atoms with Crippen LogP contribution in [-0.2, 0) is 5.41 Å². The Hall–Kier alpha value is -13.9. The number of rotatable bonds is 12. The normalized spacial score (nSPS) is 13.3. The van der Waals surface area contributed by atoms with Crippen molar-refractivity contribution in [2.24, 2.45) is 0 Å². The van der Waals surface area contributed by atoms with Gasteiger partial charge < -0.3 is 9.80 Å². The molecule has 0 amide bonds. The van der Waals surface area contributed by atoms with Gasteiger partial charge in [0.1, 0.15) is 0 Å². The highest BCUT2D eigenvalue weighted by Gasteiger charge is 2.46. The summed E-state index contributed by atoms with van der Waals surface area (Å²) in [6.45, 7) is 9.25. The van der Waals surface area contributed by atoms with Crippen molar-refractivity contribution in [2.75, 3.05) is 9.80 Å². The Morgan fingerprint density at radius 1 is 0.207 bits per heavy atom. The molecular weight excluding hydrogens is 1340 g/mol. The average molecular weight is 1410 g/mol. The topological polar surface area (TPSA) is 6.48 Å². The van der Waals surface area contributed by atoms with E-state index in [1.807, 2.05) is 0 Å². The predicted molar refractivity (Wildman–Crippen MR) is 474 cm³/mol. The molecule has 21 rings (SSSR count). The Labute approximate surface area is 647 Å². The predicted octanol–water partition coefficient (Wildman–Crippen LogP) is 30.1. The SMILES string of the molecule is Cc1cc2c(ccc3ccc(-c4cccc5c4ccc4cc(N(c6ccc(C7(c8ccccc8)c8ccccc8-c8ccc(-c9ccccc9)cc87)cc6)c6ccc7c(ccc8ccccc87)c6)ccc45)cc32)c(C)c1N(c1ccc(-c2ccc(-c3ccccc3)cc2)cc1)c1cc(C)c2c(ccc3ccccc32)c1C. The zero-order valence-electron chi connectivity index (χ0n) is 62.3. The molecule has 1 aliphatic carbocycles. The molecule has 2 nitrogen and oxygen atoms in total. The second kappa shape index (κ2) is 26.2. The molecule has 0 aliphatic heterocycles. The molecule has 20 aromatic rings. The van der Waals surface area contributed by atoms with Gasteiger partial charge in [0.15, 0.2) is 0 Å². The van der Waals surface area contributed by atoms with Crippen molar-refractivity contribution < 1.29 is 0 Å². The fourth-order valence-corrected chi connectivity index (χ4v) is 19.0. The van der Waals surface area contributed by atoms with Gasteiger partial charge in [0.25, 0.3) is 0 Å². The molecule has 1 unspecified atom stereocenters. The molecule has 1 atom stereocenters. The van der Waals surface area contributed by atoms with Gasteiger partial charge in [-0.1, -0.05) is 315 Å². The van der Waals surface area contributed by atoms with Gasteiger partial charge in [0, 0.05) is 28.4 Å². The van der Waals surface area contributed by atoms with Crippen LogP contribution in [0.1, 0.15) is 44.5 Å². The van der Waals surface area contributed by atoms with E-state index >= 15 is 0 Å². The van der Waals surface area contributed by atoms with E-state index in [0.717, 1.165) is 22.7 Å². The van der Waals surface area contributed by atoms with Gasteiger partial charge in [-0.2, -0.15) is 0 Å². The van der Waals surface area contributed by atoms with E-state index in [2.05, 4.69) is 426 Å². The Morgan fingerprint density at radius 2 is 0.658 bits per heavy atom. The minimum Gasteiger partial charge on any atom is -0.310 e. The number of anilines is 6. The van der Waals surface area contributed by atoms with E-state index < -0.39 is 5.41 Å². The van der Waals surface area contributed by atoms with Crippen molar-refractivity contribution >= 4 is 120 Å². The summed E-state index contributed by atoms with van der Waals surface area (Å²) in [7, 11) is 0. The maximum Gasteiger partial charge on any atom is 0.0713 e. The zero-order valence-corrected chi connectivity index (χ0v) is 62.3. The molecule has 0 spiro atoms. The first kappa shape index (κ1) is 65.4. The highest BCUT2D eigenvalue weighted by Crippen LogP contribution is 2.58. The quantitative estimate of drug-likeness (QED) is 0.113. The maximum absolute atomic E-state index is 2.55. The van der Waals surface area contributed by atoms with Crippen LogP contribution >= 0.6 is 0 Å². The van der Waals surface area contributed by atoms with Crippen molar-refractivity contribution in [1.29, 1.82) is 0 Å². The third kappa shape index (κ3) is 10.6. The molecular formula is C109H76N2. The molecule has 522 valence electrons. The lowest BCUT2D eigenvalue weighted by Crippen LogP contribution is -2.28. The number of aryl methyl sites for hydroxylation is 4. The van der Waals surface area contributed by atoms with Gasteiger partial charge in [-0.3, -0.25) is 0 Å². The van der Waals surface area contributed by atoms with Gasteiger partial charge >= 0.3 is 0 Å². The third-order valence-corrected chi connectivity index (χ3v) is 24.3. The molecule has 0 saturated carbocycles. The van der Waals surface area contributed by atoms with Gasteiger partial charge in [0.05, 0.1) is 11.1 Å². The second-order valence-corrected chi connectivity index (χ2v) is 30.4. The first-order valence-electron chi connectivity index (χ1n) is 38.8. The standard InChI is InChI=1S/C109H76N2/c1-69-64-106(71(3)92-58-46-79-26-15-17-30-97(79)107(69)92)111(88-51-43-77(44-52-88)76-37-35-75(36-38-76)73-21-8-5-9-22-73)108-70(2)63-103-91(72(108)4)57-45-80-40-42-84(67-102(80)103)94-32-20-33-98-96-62-56-90(66-83(96)48-59-99(94)98)110(89-55-61-95-82(65-89)41-39-78-25-14-16-29-93(78)95)87-53-49-86(50-54-87)109(85-27-12-7-13-28-85)104-34-19-18-31-100(104)101-60-47-81(68-105(101)109)74-23-10-6-11-24-74/h5-68H,1-4H3. The van der Waals surface area contributed by atoms with Crippen LogP contribution < -0.4 is 9.80 Å². The highest BCUT2D eigenvalue weighted by molar-refractivity contribution is 6.17. The molecule has 0 bridgehead atoms. The van der Waals surface area contributed by atoms with E-state index in [-0.39, 0.29) is 0 Å². The van der Waals surface area contributed by atoms with Gasteiger partial charge in [-0.05, 0) is 287 Å². The molecule has 0 radical (unpaired) electrons. The molecule has 111 heavy (non-hydrogen) atoms. The summed E-state index contributed by atoms with van der Waals surface area (Å²) in [5.74, 6) is 0. The van der Waals surface area contributed by atoms with E-state index in [1.165, 1.54) is 198 Å². The minimum atomic E-state index is -0.581. The molecule has 0 heterocycles. The Bertz CT molecular complexity index is 7140. The van der Waals surface area contributed by atoms with Gasteiger partial charge in [0.2, 0.25) is 0 Å². The van der Waals surface area contributed by atoms with E-state index in [0.29, 0.717) is 0 Å². The van der Waals surface area contributed by atoms with Crippen molar-refractivity contribution in [2.45, 2.75) is 33.1 Å². The summed E-state index contributed by atoms with van der Waals surface area (Å²) in [5.41, 5.74) is 28.3. The summed E-state index contributed by atoms with van der Waals surface area (Å²) < 4.78 is 0. The second-order valence-electron chi connectivity index (χ2n) is 30.4. The largest absolute Gasteiger partial charge is 0.310 e. The van der Waals surface area contributed by atoms with E-state index in [9.17, 15) is 0 Å². The van der Waals surface area contributed by atoms with Crippen LogP contribution in [0.5, 0.6) is 0 Å². The Kier molecular flexibility index (Phi) is 15.4. The van der Waals surface area contributed by atoms with E-state index in [1.54, 1.807) is 0 Å². The lowest BCUT2D eigenvalue weighted by atomic mass is 9.67. The van der Waals surface area contributed by atoms with Gasteiger partial charge in [-0.25, -0.2) is 0 Å². The molecule has 20 aromatic carbocycles. The third-order valence-electron chi connectivity index (χ3n) is 24.3. The molecule has 0 N–H and O–H groups in total. The maximum atomic E-state index is 2.55. The lowest BCUT2D eigenvalue weighted by molar-refractivity contribution is 0.769. The monoisotopic (exact) mass is 1410 g/mol. The number of hydrogen-bond acceptors (Lipinski definition) is 2. The molecule has 1 aliphatic rings. The first-order valence-corrected chi connectivity index (χ1v) is 38.8. The van der Waals surface area contributed by atoms with Gasteiger partial charge in [-0.15, -0.1) is 0 Å². The molecule has 2 heteroatoms. The van der Waals surface area contributed by atoms with Crippen LogP contribution in [0.3, 0.4) is 0 Å². The Balaban J connectivity index is 0.670. The zero-order chi connectivity index (χ0) is 74.0. The van der Waals surface area contributed by atoms with Crippen LogP contribution in [0.2, 0.25) is 0 Å². The summed E-state index contributed by atoms with van der Waals surface area (Å²) >= 11 is 0. The summed E-state index contributed by atoms with van der Waals surface area (Å²) in [4.78, 5) is 5.00. The van der Waals surface area contributed by atoms with Crippen LogP contribution in [0, 0.1) is 27.7 Å². The minimum absolute atomic E-state index is 0.581. The first-order chi connectivity index (χ1) is 54.7. The lowest BCUT2D eigenvalue weighted by Gasteiger charge is -2.35. The van der Waals surface area contributed by atoms with Crippen LogP contribution in [0.25, 0.3) is 142 Å². The van der Waals surface area contributed by atoms with Crippen molar-refractivity contribution in [3.63, 3.8) is 0 Å². The van der Waals surface area contributed by atoms with Crippen molar-refractivity contribution in [1.82, 2.24) is 0 Å². The Morgan fingerprint density at radius 3 is 1.37 bits per heavy atom. The summed E-state index contributed by atoms with van der Waals surface area (Å²) in [6, 6.07) is 145. The fraction of sp³-hybridized carbons (Fsp3) is 0.0459. The number of fused-ring (bicyclic) bond motifs is 15. The average Bonchev–Trinajstić information content (AvgIpc) is 1.55. The highest BCUT2D eigenvalue weighted by atomic mass is 15.2. The van der Waals surface area contributed by atoms with Crippen LogP contribution in [0.4, 0.5) is 34.1 Å². The van der Waals surface area contributed by atoms with Crippen molar-refractivity contribution in [3.8, 4) is 55.6 Å². The van der Waals surface area contributed by atoms with E-state index in [4.69, 9.17) is 0 Å². The molecule has 0 fully saturated rings. The molecule has 0 aromatic heterocycles. The summed E-state index contributed by atoms with van der Waals surface area (Å²) in [5, 5.41) is 19.8. The van der Waals surface area contributed by atoms with Crippen LogP contribution in [-0.4, -0.2) is 0 Å². The van der Waals surface area contributed by atoms with Crippen molar-refractivity contribution in [3.05, 3.63) is 433 Å². The number of hydrogen-bond donors (Lipinski definition) is 0. The fourth-order valence-electron chi connectivity index (χ4n) is 19.0. The molecule has 0 saturated heterocycles. The van der Waals surface area contributed by atoms with Crippen LogP contribution in [0.15, 0.2) is 388 Å². The smallest absolute Gasteiger partial charge is 0.0713 e. The number of benzene rings is 20. The summed E-state index contributed by atoms with van der Waals surface area (Å²) in [6.07, 6.45) is 0.